The van der Waals surface area contributed by atoms with Gasteiger partial charge in [0.15, 0.2) is 11.5 Å². The first-order valence-corrected chi connectivity index (χ1v) is 6.16. The summed E-state index contributed by atoms with van der Waals surface area (Å²) < 4.78 is 10.4. The molecule has 0 aliphatic carbocycles. The van der Waals surface area contributed by atoms with Crippen LogP contribution in [0.2, 0.25) is 5.02 Å². The fourth-order valence-corrected chi connectivity index (χ4v) is 1.61. The van der Waals surface area contributed by atoms with E-state index in [1.807, 2.05) is 0 Å². The van der Waals surface area contributed by atoms with Gasteiger partial charge in [0.2, 0.25) is 0 Å². The van der Waals surface area contributed by atoms with Crippen molar-refractivity contribution in [1.82, 2.24) is 9.97 Å². The number of hydrogen-bond donors (Lipinski definition) is 1. The van der Waals surface area contributed by atoms with Crippen LogP contribution in [0.5, 0.6) is 5.75 Å². The molecule has 0 aliphatic rings. The van der Waals surface area contributed by atoms with E-state index in [4.69, 9.17) is 26.8 Å². The molecular formula is C13H12ClN3O3. The Kier molecular flexibility index (Phi) is 4.73. The highest BCUT2D eigenvalue weighted by molar-refractivity contribution is 6.30. The van der Waals surface area contributed by atoms with Gasteiger partial charge in [-0.2, -0.15) is 0 Å². The molecule has 0 bridgehead atoms. The van der Waals surface area contributed by atoms with Crippen LogP contribution in [0.15, 0.2) is 36.7 Å². The number of nitrogen functional groups attached to an aromatic ring is 1. The molecule has 104 valence electrons. The van der Waals surface area contributed by atoms with Crippen molar-refractivity contribution in [3.05, 3.63) is 47.4 Å². The number of carbonyl (C=O) groups excluding carboxylic acids is 1. The SMILES string of the molecule is Nc1nccnc1C(=O)OCCOc1cccc(Cl)c1. The second-order valence-electron chi connectivity index (χ2n) is 3.73. The van der Waals surface area contributed by atoms with Crippen molar-refractivity contribution < 1.29 is 14.3 Å². The molecule has 0 spiro atoms. The van der Waals surface area contributed by atoms with Gasteiger partial charge in [0, 0.05) is 17.4 Å². The smallest absolute Gasteiger partial charge is 0.360 e. The van der Waals surface area contributed by atoms with E-state index in [0.717, 1.165) is 0 Å². The Morgan fingerprint density at radius 3 is 2.80 bits per heavy atom. The zero-order valence-electron chi connectivity index (χ0n) is 10.5. The maximum absolute atomic E-state index is 11.6. The Hall–Kier alpha value is -2.34. The first-order valence-electron chi connectivity index (χ1n) is 5.79. The molecule has 1 aromatic carbocycles. The highest BCUT2D eigenvalue weighted by Crippen LogP contribution is 2.16. The van der Waals surface area contributed by atoms with E-state index in [-0.39, 0.29) is 24.7 Å². The summed E-state index contributed by atoms with van der Waals surface area (Å²) in [5.41, 5.74) is 5.51. The second-order valence-corrected chi connectivity index (χ2v) is 4.17. The normalized spacial score (nSPS) is 10.1. The van der Waals surface area contributed by atoms with Crippen LogP contribution in [-0.4, -0.2) is 29.2 Å². The molecular weight excluding hydrogens is 282 g/mol. The van der Waals surface area contributed by atoms with Gasteiger partial charge in [0.1, 0.15) is 19.0 Å². The van der Waals surface area contributed by atoms with E-state index < -0.39 is 5.97 Å². The summed E-state index contributed by atoms with van der Waals surface area (Å²) in [5.74, 6) is 0.00567. The van der Waals surface area contributed by atoms with Crippen LogP contribution < -0.4 is 10.5 Å². The number of anilines is 1. The lowest BCUT2D eigenvalue weighted by Crippen LogP contribution is -2.15. The van der Waals surface area contributed by atoms with E-state index in [2.05, 4.69) is 9.97 Å². The fraction of sp³-hybridized carbons (Fsp3) is 0.154. The molecule has 2 rings (SSSR count). The second kappa shape index (κ2) is 6.72. The Morgan fingerprint density at radius 2 is 2.05 bits per heavy atom. The number of rotatable bonds is 5. The summed E-state index contributed by atoms with van der Waals surface area (Å²) in [4.78, 5) is 19.2. The molecule has 0 unspecified atom stereocenters. The summed E-state index contributed by atoms with van der Waals surface area (Å²) in [6.45, 7) is 0.271. The molecule has 2 N–H and O–H groups in total. The third-order valence-electron chi connectivity index (χ3n) is 2.30. The van der Waals surface area contributed by atoms with Crippen molar-refractivity contribution in [3.63, 3.8) is 0 Å². The standard InChI is InChI=1S/C13H12ClN3O3/c14-9-2-1-3-10(8-9)19-6-7-20-13(18)11-12(15)17-5-4-16-11/h1-5,8H,6-7H2,(H2,15,17). The van der Waals surface area contributed by atoms with Crippen molar-refractivity contribution in [2.45, 2.75) is 0 Å². The number of nitrogens with two attached hydrogens (primary N) is 1. The van der Waals surface area contributed by atoms with Gasteiger partial charge in [-0.05, 0) is 18.2 Å². The topological polar surface area (TPSA) is 87.3 Å². The summed E-state index contributed by atoms with van der Waals surface area (Å²) in [6.07, 6.45) is 2.77. The number of benzene rings is 1. The summed E-state index contributed by atoms with van der Waals surface area (Å²) in [7, 11) is 0. The van der Waals surface area contributed by atoms with Crippen LogP contribution in [0, 0.1) is 0 Å². The van der Waals surface area contributed by atoms with Crippen molar-refractivity contribution in [3.8, 4) is 5.75 Å². The number of hydrogen-bond acceptors (Lipinski definition) is 6. The van der Waals surface area contributed by atoms with Gasteiger partial charge in [-0.3, -0.25) is 0 Å². The third kappa shape index (κ3) is 3.83. The quantitative estimate of drug-likeness (QED) is 0.669. The Labute approximate surface area is 120 Å². The van der Waals surface area contributed by atoms with Gasteiger partial charge in [-0.15, -0.1) is 0 Å². The molecule has 0 radical (unpaired) electrons. The van der Waals surface area contributed by atoms with E-state index in [1.165, 1.54) is 12.4 Å². The first kappa shape index (κ1) is 14.1. The van der Waals surface area contributed by atoms with Gasteiger partial charge in [0.05, 0.1) is 0 Å². The molecule has 1 aromatic heterocycles. The van der Waals surface area contributed by atoms with E-state index >= 15 is 0 Å². The minimum atomic E-state index is -0.634. The van der Waals surface area contributed by atoms with E-state index in [0.29, 0.717) is 10.8 Å². The number of esters is 1. The van der Waals surface area contributed by atoms with Crippen LogP contribution in [-0.2, 0) is 4.74 Å². The highest BCUT2D eigenvalue weighted by atomic mass is 35.5. The van der Waals surface area contributed by atoms with Crippen LogP contribution in [0.3, 0.4) is 0 Å². The van der Waals surface area contributed by atoms with Crippen LogP contribution in [0.1, 0.15) is 10.5 Å². The van der Waals surface area contributed by atoms with Gasteiger partial charge in [-0.25, -0.2) is 14.8 Å². The van der Waals surface area contributed by atoms with E-state index in [1.54, 1.807) is 24.3 Å². The average Bonchev–Trinajstić information content (AvgIpc) is 2.44. The Balaban J connectivity index is 1.79. The molecule has 0 atom stereocenters. The lowest BCUT2D eigenvalue weighted by Gasteiger charge is -2.07. The molecule has 0 saturated carbocycles. The van der Waals surface area contributed by atoms with Crippen molar-refractivity contribution >= 4 is 23.4 Å². The predicted octanol–water partition coefficient (Wildman–Crippen LogP) is 1.95. The Morgan fingerprint density at radius 1 is 1.25 bits per heavy atom. The van der Waals surface area contributed by atoms with Crippen LogP contribution in [0.4, 0.5) is 5.82 Å². The molecule has 7 heteroatoms. The summed E-state index contributed by atoms with van der Waals surface area (Å²) in [6, 6.07) is 6.94. The van der Waals surface area contributed by atoms with Crippen molar-refractivity contribution in [2.75, 3.05) is 18.9 Å². The minimum Gasteiger partial charge on any atom is -0.490 e. The first-order chi connectivity index (χ1) is 9.66. The minimum absolute atomic E-state index is 0.00439. The summed E-state index contributed by atoms with van der Waals surface area (Å²) >= 11 is 5.81. The molecule has 0 saturated heterocycles. The fourth-order valence-electron chi connectivity index (χ4n) is 1.43. The van der Waals surface area contributed by atoms with Crippen molar-refractivity contribution in [1.29, 1.82) is 0 Å². The third-order valence-corrected chi connectivity index (χ3v) is 2.54. The van der Waals surface area contributed by atoms with Gasteiger partial charge in [0.25, 0.3) is 0 Å². The largest absolute Gasteiger partial charge is 0.490 e. The maximum atomic E-state index is 11.6. The molecule has 2 aromatic rings. The van der Waals surface area contributed by atoms with Gasteiger partial charge in [-0.1, -0.05) is 17.7 Å². The maximum Gasteiger partial charge on any atom is 0.360 e. The summed E-state index contributed by atoms with van der Waals surface area (Å²) in [5, 5.41) is 0.576. The number of aromatic nitrogens is 2. The van der Waals surface area contributed by atoms with E-state index in [9.17, 15) is 4.79 Å². The molecule has 6 nitrogen and oxygen atoms in total. The number of ether oxygens (including phenoxy) is 2. The zero-order valence-corrected chi connectivity index (χ0v) is 11.2. The van der Waals surface area contributed by atoms with Gasteiger partial charge >= 0.3 is 5.97 Å². The zero-order chi connectivity index (χ0) is 14.4. The lowest BCUT2D eigenvalue weighted by molar-refractivity contribution is 0.0444. The molecule has 1 heterocycles. The number of nitrogens with zero attached hydrogens (tertiary/aromatic N) is 2. The van der Waals surface area contributed by atoms with Crippen molar-refractivity contribution in [2.24, 2.45) is 0 Å². The van der Waals surface area contributed by atoms with Crippen LogP contribution >= 0.6 is 11.6 Å². The highest BCUT2D eigenvalue weighted by Gasteiger charge is 2.13. The molecule has 0 amide bonds. The van der Waals surface area contributed by atoms with Crippen LogP contribution in [0.25, 0.3) is 0 Å². The van der Waals surface area contributed by atoms with Gasteiger partial charge < -0.3 is 15.2 Å². The molecule has 20 heavy (non-hydrogen) atoms. The number of carbonyl (C=O) groups is 1. The predicted molar refractivity (Wildman–Crippen MR) is 73.7 cm³/mol. The monoisotopic (exact) mass is 293 g/mol. The molecule has 0 aliphatic heterocycles. The number of halogens is 1. The average molecular weight is 294 g/mol. The Bertz CT molecular complexity index is 607. The lowest BCUT2D eigenvalue weighted by atomic mass is 10.3. The molecule has 0 fully saturated rings.